The van der Waals surface area contributed by atoms with Crippen LogP contribution in [0.4, 0.5) is 5.69 Å². The minimum absolute atomic E-state index is 0.0743. The Balaban J connectivity index is 1.72. The average Bonchev–Trinajstić information content (AvgIpc) is 2.98. The van der Waals surface area contributed by atoms with Gasteiger partial charge < -0.3 is 10.6 Å². The summed E-state index contributed by atoms with van der Waals surface area (Å²) in [6, 6.07) is 6.36. The normalized spacial score (nSPS) is 25.6. The number of hydrogen-bond donors (Lipinski definition) is 2. The van der Waals surface area contributed by atoms with E-state index in [-0.39, 0.29) is 5.91 Å². The Morgan fingerprint density at radius 2 is 2.28 bits per heavy atom. The van der Waals surface area contributed by atoms with Crippen molar-refractivity contribution < 1.29 is 4.79 Å². The van der Waals surface area contributed by atoms with E-state index in [1.54, 1.807) is 0 Å². The van der Waals surface area contributed by atoms with Crippen LogP contribution in [0.5, 0.6) is 0 Å². The van der Waals surface area contributed by atoms with Crippen LogP contribution in [0.25, 0.3) is 0 Å². The van der Waals surface area contributed by atoms with E-state index in [2.05, 4.69) is 23.6 Å². The summed E-state index contributed by atoms with van der Waals surface area (Å²) in [6.45, 7) is 3.21. The molecular formula is C15H20N2O. The second-order valence-electron chi connectivity index (χ2n) is 5.54. The molecule has 1 amide bonds. The van der Waals surface area contributed by atoms with Crippen LogP contribution in [0.15, 0.2) is 18.2 Å². The fraction of sp³-hybridized carbons (Fsp3) is 0.533. The number of hydrogen-bond acceptors (Lipinski definition) is 2. The Labute approximate surface area is 108 Å². The molecule has 3 heteroatoms. The van der Waals surface area contributed by atoms with Crippen molar-refractivity contribution in [2.75, 3.05) is 11.9 Å². The van der Waals surface area contributed by atoms with E-state index in [1.807, 2.05) is 12.1 Å². The molecule has 1 fully saturated rings. The minimum Gasteiger partial charge on any atom is -0.384 e. The molecule has 1 saturated carbocycles. The smallest absolute Gasteiger partial charge is 0.251 e. The van der Waals surface area contributed by atoms with Gasteiger partial charge in [-0.3, -0.25) is 4.79 Å². The fourth-order valence-electron chi connectivity index (χ4n) is 3.04. The molecule has 3 rings (SSSR count). The largest absolute Gasteiger partial charge is 0.384 e. The van der Waals surface area contributed by atoms with Crippen LogP contribution >= 0.6 is 0 Å². The van der Waals surface area contributed by atoms with Crippen molar-refractivity contribution in [2.24, 2.45) is 5.92 Å². The highest BCUT2D eigenvalue weighted by atomic mass is 16.1. The molecule has 1 aromatic rings. The first kappa shape index (κ1) is 11.6. The van der Waals surface area contributed by atoms with Gasteiger partial charge >= 0.3 is 0 Å². The first-order valence-electron chi connectivity index (χ1n) is 6.92. The summed E-state index contributed by atoms with van der Waals surface area (Å²) in [7, 11) is 0. The molecule has 2 unspecified atom stereocenters. The van der Waals surface area contributed by atoms with E-state index in [1.165, 1.54) is 18.4 Å². The van der Waals surface area contributed by atoms with Crippen LogP contribution in [0.3, 0.4) is 0 Å². The number of fused-ring (bicyclic) bond motifs is 1. The number of anilines is 1. The molecule has 1 aliphatic heterocycles. The van der Waals surface area contributed by atoms with Crippen LogP contribution in [0, 0.1) is 5.92 Å². The van der Waals surface area contributed by atoms with E-state index < -0.39 is 0 Å². The molecule has 0 saturated heterocycles. The minimum atomic E-state index is 0.0743. The SMILES string of the molecule is CC1CCCC1NC(=O)c1ccc2c(c1)NCC2. The van der Waals surface area contributed by atoms with Crippen molar-refractivity contribution in [1.29, 1.82) is 0 Å². The quantitative estimate of drug-likeness (QED) is 0.839. The first-order valence-corrected chi connectivity index (χ1v) is 6.92. The summed E-state index contributed by atoms with van der Waals surface area (Å²) < 4.78 is 0. The summed E-state index contributed by atoms with van der Waals surface area (Å²) in [5.74, 6) is 0.687. The van der Waals surface area contributed by atoms with Gasteiger partial charge in [-0.25, -0.2) is 0 Å². The lowest BCUT2D eigenvalue weighted by Gasteiger charge is -2.17. The third-order valence-electron chi connectivity index (χ3n) is 4.26. The molecule has 1 heterocycles. The Bertz CT molecular complexity index is 470. The first-order chi connectivity index (χ1) is 8.74. The highest BCUT2D eigenvalue weighted by molar-refractivity contribution is 5.95. The number of rotatable bonds is 2. The summed E-state index contributed by atoms with van der Waals surface area (Å²) >= 11 is 0. The van der Waals surface area contributed by atoms with Crippen LogP contribution < -0.4 is 10.6 Å². The van der Waals surface area contributed by atoms with Crippen molar-refractivity contribution >= 4 is 11.6 Å². The fourth-order valence-corrected chi connectivity index (χ4v) is 3.04. The zero-order valence-corrected chi connectivity index (χ0v) is 10.8. The molecule has 0 radical (unpaired) electrons. The second kappa shape index (κ2) is 4.63. The maximum atomic E-state index is 12.2. The van der Waals surface area contributed by atoms with Gasteiger partial charge in [-0.15, -0.1) is 0 Å². The number of benzene rings is 1. The number of carbonyl (C=O) groups is 1. The summed E-state index contributed by atoms with van der Waals surface area (Å²) in [6.07, 6.45) is 4.65. The van der Waals surface area contributed by atoms with Gasteiger partial charge in [0.1, 0.15) is 0 Å². The highest BCUT2D eigenvalue weighted by Gasteiger charge is 2.25. The van der Waals surface area contributed by atoms with Gasteiger partial charge in [0.2, 0.25) is 0 Å². The van der Waals surface area contributed by atoms with Crippen molar-refractivity contribution in [3.8, 4) is 0 Å². The monoisotopic (exact) mass is 244 g/mol. The summed E-state index contributed by atoms with van der Waals surface area (Å²) in [4.78, 5) is 12.2. The van der Waals surface area contributed by atoms with Crippen molar-refractivity contribution in [1.82, 2.24) is 5.32 Å². The van der Waals surface area contributed by atoms with Gasteiger partial charge in [-0.1, -0.05) is 19.4 Å². The summed E-state index contributed by atoms with van der Waals surface area (Å²) in [5, 5.41) is 6.49. The van der Waals surface area contributed by atoms with E-state index >= 15 is 0 Å². The Morgan fingerprint density at radius 1 is 1.39 bits per heavy atom. The number of amides is 1. The third kappa shape index (κ3) is 2.09. The van der Waals surface area contributed by atoms with Gasteiger partial charge in [-0.2, -0.15) is 0 Å². The molecule has 2 aliphatic rings. The van der Waals surface area contributed by atoms with Gasteiger partial charge in [-0.05, 0) is 42.9 Å². The average molecular weight is 244 g/mol. The molecule has 3 nitrogen and oxygen atoms in total. The van der Waals surface area contributed by atoms with Gasteiger partial charge in [0, 0.05) is 23.8 Å². The lowest BCUT2D eigenvalue weighted by Crippen LogP contribution is -2.36. The predicted molar refractivity (Wildman–Crippen MR) is 72.9 cm³/mol. The maximum absolute atomic E-state index is 12.2. The molecule has 2 atom stereocenters. The maximum Gasteiger partial charge on any atom is 0.251 e. The molecule has 18 heavy (non-hydrogen) atoms. The highest BCUT2D eigenvalue weighted by Crippen LogP contribution is 2.26. The van der Waals surface area contributed by atoms with E-state index in [0.717, 1.165) is 30.6 Å². The zero-order chi connectivity index (χ0) is 12.5. The van der Waals surface area contributed by atoms with Crippen molar-refractivity contribution in [3.05, 3.63) is 29.3 Å². The third-order valence-corrected chi connectivity index (χ3v) is 4.26. The van der Waals surface area contributed by atoms with Crippen LogP contribution in [0.2, 0.25) is 0 Å². The van der Waals surface area contributed by atoms with E-state index in [4.69, 9.17) is 0 Å². The van der Waals surface area contributed by atoms with Crippen LogP contribution in [0.1, 0.15) is 42.1 Å². The molecule has 96 valence electrons. The van der Waals surface area contributed by atoms with Crippen LogP contribution in [-0.4, -0.2) is 18.5 Å². The van der Waals surface area contributed by atoms with Crippen LogP contribution in [-0.2, 0) is 6.42 Å². The number of nitrogens with one attached hydrogen (secondary N) is 2. The molecule has 0 spiro atoms. The van der Waals surface area contributed by atoms with E-state index in [0.29, 0.717) is 12.0 Å². The molecule has 2 N–H and O–H groups in total. The lowest BCUT2D eigenvalue weighted by atomic mass is 10.0. The lowest BCUT2D eigenvalue weighted by molar-refractivity contribution is 0.0929. The topological polar surface area (TPSA) is 41.1 Å². The Kier molecular flexibility index (Phi) is 2.98. The van der Waals surface area contributed by atoms with E-state index in [9.17, 15) is 4.79 Å². The molecule has 1 aromatic carbocycles. The number of carbonyl (C=O) groups excluding carboxylic acids is 1. The Morgan fingerprint density at radius 3 is 3.06 bits per heavy atom. The molecule has 1 aliphatic carbocycles. The van der Waals surface area contributed by atoms with Gasteiger partial charge in [0.05, 0.1) is 0 Å². The zero-order valence-electron chi connectivity index (χ0n) is 10.8. The van der Waals surface area contributed by atoms with Gasteiger partial charge in [0.25, 0.3) is 5.91 Å². The molecule has 0 aromatic heterocycles. The molecule has 0 bridgehead atoms. The van der Waals surface area contributed by atoms with Gasteiger partial charge in [0.15, 0.2) is 0 Å². The summed E-state index contributed by atoms with van der Waals surface area (Å²) in [5.41, 5.74) is 3.23. The molecular weight excluding hydrogens is 224 g/mol. The second-order valence-corrected chi connectivity index (χ2v) is 5.54. The van der Waals surface area contributed by atoms with Crippen molar-refractivity contribution in [3.63, 3.8) is 0 Å². The van der Waals surface area contributed by atoms with Crippen molar-refractivity contribution in [2.45, 2.75) is 38.6 Å². The standard InChI is InChI=1S/C15H20N2O/c1-10-3-2-4-13(10)17-15(18)12-6-5-11-7-8-16-14(11)9-12/h5-6,9-10,13,16H,2-4,7-8H2,1H3,(H,17,18). The predicted octanol–water partition coefficient (Wildman–Crippen LogP) is 2.57. The Hall–Kier alpha value is -1.51.